The lowest BCUT2D eigenvalue weighted by atomic mass is 10.0. The SMILES string of the molecule is CCOC(=O)C(CCc1ccc(F)cc1)NC(C)C(=O)N1CCCC1C(=O)O. The van der Waals surface area contributed by atoms with Crippen molar-refractivity contribution in [2.75, 3.05) is 13.2 Å². The van der Waals surface area contributed by atoms with Gasteiger partial charge in [0.15, 0.2) is 0 Å². The number of nitrogens with zero attached hydrogens (tertiary/aromatic N) is 1. The lowest BCUT2D eigenvalue weighted by molar-refractivity contribution is -0.150. The average molecular weight is 394 g/mol. The molecule has 0 saturated carbocycles. The maximum Gasteiger partial charge on any atom is 0.326 e. The van der Waals surface area contributed by atoms with E-state index in [4.69, 9.17) is 4.74 Å². The van der Waals surface area contributed by atoms with Crippen molar-refractivity contribution >= 4 is 17.8 Å². The van der Waals surface area contributed by atoms with Crippen LogP contribution in [0, 0.1) is 5.82 Å². The predicted octanol–water partition coefficient (Wildman–Crippen LogP) is 1.74. The molecule has 28 heavy (non-hydrogen) atoms. The van der Waals surface area contributed by atoms with Gasteiger partial charge in [-0.05, 0) is 57.2 Å². The lowest BCUT2D eigenvalue weighted by Crippen LogP contribution is -2.53. The Morgan fingerprint density at radius 1 is 1.32 bits per heavy atom. The molecular formula is C20H27FN2O5. The summed E-state index contributed by atoms with van der Waals surface area (Å²) >= 11 is 0. The van der Waals surface area contributed by atoms with Crippen molar-refractivity contribution in [3.05, 3.63) is 35.6 Å². The summed E-state index contributed by atoms with van der Waals surface area (Å²) in [5.41, 5.74) is 0.863. The maximum absolute atomic E-state index is 13.0. The normalized spacial score (nSPS) is 18.5. The molecule has 2 rings (SSSR count). The lowest BCUT2D eigenvalue weighted by Gasteiger charge is -2.27. The Hall–Kier alpha value is -2.48. The van der Waals surface area contributed by atoms with Gasteiger partial charge in [0, 0.05) is 6.54 Å². The van der Waals surface area contributed by atoms with Crippen LogP contribution in [-0.4, -0.2) is 59.1 Å². The largest absolute Gasteiger partial charge is 0.480 e. The number of halogens is 1. The summed E-state index contributed by atoms with van der Waals surface area (Å²) < 4.78 is 18.1. The maximum atomic E-state index is 13.0. The zero-order valence-corrected chi connectivity index (χ0v) is 16.2. The molecule has 7 nitrogen and oxygen atoms in total. The molecule has 3 atom stereocenters. The first-order valence-electron chi connectivity index (χ1n) is 9.54. The van der Waals surface area contributed by atoms with E-state index in [0.29, 0.717) is 32.2 Å². The number of hydrogen-bond acceptors (Lipinski definition) is 5. The van der Waals surface area contributed by atoms with Crippen LogP contribution in [-0.2, 0) is 25.5 Å². The third-order valence-corrected chi connectivity index (χ3v) is 4.85. The number of carbonyl (C=O) groups is 3. The zero-order valence-electron chi connectivity index (χ0n) is 16.2. The summed E-state index contributed by atoms with van der Waals surface area (Å²) in [6.07, 6.45) is 1.94. The van der Waals surface area contributed by atoms with Crippen LogP contribution >= 0.6 is 0 Å². The number of benzene rings is 1. The standard InChI is InChI=1S/C20H27FN2O5/c1-3-28-20(27)16(11-8-14-6-9-15(21)10-7-14)22-13(2)18(24)23-12-4-5-17(23)19(25)26/h6-7,9-10,13,16-17,22H,3-5,8,11-12H2,1-2H3,(H,25,26). The molecule has 1 aliphatic rings. The topological polar surface area (TPSA) is 95.9 Å². The number of ether oxygens (including phenoxy) is 1. The Kier molecular flexibility index (Phi) is 7.92. The van der Waals surface area contributed by atoms with Crippen molar-refractivity contribution in [3.8, 4) is 0 Å². The summed E-state index contributed by atoms with van der Waals surface area (Å²) in [7, 11) is 0. The zero-order chi connectivity index (χ0) is 20.7. The second-order valence-electron chi connectivity index (χ2n) is 6.89. The molecule has 8 heteroatoms. The number of carboxylic acids is 1. The molecular weight excluding hydrogens is 367 g/mol. The van der Waals surface area contributed by atoms with Gasteiger partial charge in [0.2, 0.25) is 5.91 Å². The first-order chi connectivity index (χ1) is 13.3. The van der Waals surface area contributed by atoms with E-state index < -0.39 is 30.1 Å². The number of aliphatic carboxylic acids is 1. The van der Waals surface area contributed by atoms with Gasteiger partial charge in [-0.15, -0.1) is 0 Å². The van der Waals surface area contributed by atoms with E-state index in [9.17, 15) is 23.9 Å². The molecule has 0 radical (unpaired) electrons. The molecule has 1 heterocycles. The highest BCUT2D eigenvalue weighted by atomic mass is 19.1. The summed E-state index contributed by atoms with van der Waals surface area (Å²) in [6.45, 7) is 3.92. The smallest absolute Gasteiger partial charge is 0.326 e. The number of carboxylic acid groups (broad SMARTS) is 1. The number of esters is 1. The van der Waals surface area contributed by atoms with E-state index in [1.165, 1.54) is 17.0 Å². The van der Waals surface area contributed by atoms with Crippen molar-refractivity contribution in [3.63, 3.8) is 0 Å². The molecule has 2 N–H and O–H groups in total. The third kappa shape index (κ3) is 5.76. The van der Waals surface area contributed by atoms with Crippen molar-refractivity contribution < 1.29 is 28.6 Å². The molecule has 1 fully saturated rings. The van der Waals surface area contributed by atoms with Gasteiger partial charge in [-0.2, -0.15) is 0 Å². The van der Waals surface area contributed by atoms with E-state index >= 15 is 0 Å². The second kappa shape index (κ2) is 10.2. The highest BCUT2D eigenvalue weighted by Crippen LogP contribution is 2.19. The molecule has 1 amide bonds. The fraction of sp³-hybridized carbons (Fsp3) is 0.550. The van der Waals surface area contributed by atoms with Gasteiger partial charge in [0.25, 0.3) is 0 Å². The van der Waals surface area contributed by atoms with Gasteiger partial charge in [0.05, 0.1) is 12.6 Å². The van der Waals surface area contributed by atoms with Gasteiger partial charge in [-0.3, -0.25) is 14.9 Å². The van der Waals surface area contributed by atoms with E-state index in [-0.39, 0.29) is 18.3 Å². The van der Waals surface area contributed by atoms with Crippen molar-refractivity contribution in [2.45, 2.75) is 57.7 Å². The minimum absolute atomic E-state index is 0.211. The monoisotopic (exact) mass is 394 g/mol. The number of carbonyl (C=O) groups excluding carboxylic acids is 2. The Labute approximate surface area is 163 Å². The molecule has 0 spiro atoms. The number of amides is 1. The Balaban J connectivity index is 2.02. The van der Waals surface area contributed by atoms with Gasteiger partial charge < -0.3 is 14.7 Å². The molecule has 1 aromatic rings. The minimum Gasteiger partial charge on any atom is -0.480 e. The highest BCUT2D eigenvalue weighted by molar-refractivity contribution is 5.88. The fourth-order valence-corrected chi connectivity index (χ4v) is 3.38. The first-order valence-corrected chi connectivity index (χ1v) is 9.54. The molecule has 3 unspecified atom stereocenters. The second-order valence-corrected chi connectivity index (χ2v) is 6.89. The van der Waals surface area contributed by atoms with Crippen LogP contribution in [0.15, 0.2) is 24.3 Å². The van der Waals surface area contributed by atoms with Crippen LogP contribution in [0.1, 0.15) is 38.7 Å². The summed E-state index contributed by atoms with van der Waals surface area (Å²) in [5.74, 6) is -2.17. The fourth-order valence-electron chi connectivity index (χ4n) is 3.38. The minimum atomic E-state index is -1.02. The van der Waals surface area contributed by atoms with E-state index in [0.717, 1.165) is 5.56 Å². The average Bonchev–Trinajstić information content (AvgIpc) is 3.15. The molecule has 0 aromatic heterocycles. The number of likely N-dealkylation sites (tertiary alicyclic amines) is 1. The molecule has 154 valence electrons. The molecule has 0 aliphatic carbocycles. The number of rotatable bonds is 9. The predicted molar refractivity (Wildman–Crippen MR) is 100 cm³/mol. The van der Waals surface area contributed by atoms with Crippen LogP contribution in [0.3, 0.4) is 0 Å². The van der Waals surface area contributed by atoms with Crippen molar-refractivity contribution in [2.24, 2.45) is 0 Å². The number of nitrogens with one attached hydrogen (secondary N) is 1. The van der Waals surface area contributed by atoms with Crippen LogP contribution in [0.25, 0.3) is 0 Å². The highest BCUT2D eigenvalue weighted by Gasteiger charge is 2.36. The molecule has 0 bridgehead atoms. The van der Waals surface area contributed by atoms with Gasteiger partial charge in [0.1, 0.15) is 17.9 Å². The number of hydrogen-bond donors (Lipinski definition) is 2. The van der Waals surface area contributed by atoms with Gasteiger partial charge in [-0.1, -0.05) is 12.1 Å². The third-order valence-electron chi connectivity index (χ3n) is 4.85. The first kappa shape index (κ1) is 21.8. The summed E-state index contributed by atoms with van der Waals surface area (Å²) in [4.78, 5) is 37.7. The number of aryl methyl sites for hydroxylation is 1. The van der Waals surface area contributed by atoms with E-state index in [1.807, 2.05) is 0 Å². The van der Waals surface area contributed by atoms with E-state index in [2.05, 4.69) is 5.32 Å². The van der Waals surface area contributed by atoms with Gasteiger partial charge >= 0.3 is 11.9 Å². The van der Waals surface area contributed by atoms with Gasteiger partial charge in [-0.25, -0.2) is 9.18 Å². The molecule has 1 saturated heterocycles. The van der Waals surface area contributed by atoms with Crippen molar-refractivity contribution in [1.82, 2.24) is 10.2 Å². The Morgan fingerprint density at radius 2 is 2.00 bits per heavy atom. The van der Waals surface area contributed by atoms with Crippen LogP contribution < -0.4 is 5.32 Å². The Bertz CT molecular complexity index is 694. The molecule has 1 aromatic carbocycles. The van der Waals surface area contributed by atoms with Crippen LogP contribution in [0.4, 0.5) is 4.39 Å². The van der Waals surface area contributed by atoms with Crippen LogP contribution in [0.5, 0.6) is 0 Å². The van der Waals surface area contributed by atoms with E-state index in [1.54, 1.807) is 26.0 Å². The summed E-state index contributed by atoms with van der Waals surface area (Å²) in [5, 5.41) is 12.3. The van der Waals surface area contributed by atoms with Crippen molar-refractivity contribution in [1.29, 1.82) is 0 Å². The summed E-state index contributed by atoms with van der Waals surface area (Å²) in [6, 6.07) is 3.72. The van der Waals surface area contributed by atoms with Crippen LogP contribution in [0.2, 0.25) is 0 Å². The Morgan fingerprint density at radius 3 is 2.61 bits per heavy atom. The molecule has 1 aliphatic heterocycles. The quantitative estimate of drug-likeness (QED) is 0.620.